The van der Waals surface area contributed by atoms with Crippen LogP contribution < -0.4 is 5.32 Å². The van der Waals surface area contributed by atoms with Crippen molar-refractivity contribution in [2.24, 2.45) is 0 Å². The van der Waals surface area contributed by atoms with Crippen LogP contribution in [0, 0.1) is 0 Å². The molecule has 0 aliphatic rings. The normalized spacial score (nSPS) is 13.6. The van der Waals surface area contributed by atoms with Crippen molar-refractivity contribution in [1.29, 1.82) is 0 Å². The number of hydrogen-bond donors (Lipinski definition) is 2. The molecule has 3 aromatic heterocycles. The third-order valence-electron chi connectivity index (χ3n) is 3.66. The lowest BCUT2D eigenvalue weighted by Crippen LogP contribution is -2.30. The summed E-state index contributed by atoms with van der Waals surface area (Å²) in [6, 6.07) is 9.81. The van der Waals surface area contributed by atoms with Crippen molar-refractivity contribution in [2.75, 3.05) is 6.54 Å². The highest BCUT2D eigenvalue weighted by atomic mass is 32.1. The van der Waals surface area contributed by atoms with E-state index in [0.717, 1.165) is 10.4 Å². The second-order valence-electron chi connectivity index (χ2n) is 5.24. The quantitative estimate of drug-likeness (QED) is 0.688. The Balaban J connectivity index is 1.60. The lowest BCUT2D eigenvalue weighted by Gasteiger charge is -2.18. The number of nitrogens with zero attached hydrogens (tertiary/aromatic N) is 1. The highest BCUT2D eigenvalue weighted by Gasteiger charge is 2.19. The van der Waals surface area contributed by atoms with Gasteiger partial charge in [-0.2, -0.15) is 11.3 Å². The molecule has 3 aromatic rings. The standard InChI is InChI=1S/C17H18N2O2S2/c20-15(13-5-9-22-12-13)11-18-17(21)10-14(16-4-3-8-23-16)19-6-1-2-7-19/h1-9,12,14-15,20H,10-11H2,(H,18,21)/t14-,15+/m1/s1. The van der Waals surface area contributed by atoms with Crippen LogP contribution in [-0.2, 0) is 4.79 Å². The minimum absolute atomic E-state index is 0.0108. The molecule has 23 heavy (non-hydrogen) atoms. The zero-order valence-corrected chi connectivity index (χ0v) is 14.1. The SMILES string of the molecule is O=C(C[C@H](c1cccs1)n1cccc1)NC[C@H](O)c1ccsc1. The summed E-state index contributed by atoms with van der Waals surface area (Å²) < 4.78 is 2.04. The molecule has 0 saturated carbocycles. The first-order valence-corrected chi connectivity index (χ1v) is 9.19. The highest BCUT2D eigenvalue weighted by molar-refractivity contribution is 7.10. The van der Waals surface area contributed by atoms with E-state index in [1.54, 1.807) is 11.3 Å². The van der Waals surface area contributed by atoms with E-state index in [1.807, 2.05) is 63.4 Å². The van der Waals surface area contributed by atoms with Gasteiger partial charge >= 0.3 is 0 Å². The number of amides is 1. The Morgan fingerprint density at radius 3 is 2.70 bits per heavy atom. The molecule has 0 radical (unpaired) electrons. The number of nitrogens with one attached hydrogen (secondary N) is 1. The first-order chi connectivity index (χ1) is 11.2. The van der Waals surface area contributed by atoms with Crippen molar-refractivity contribution in [3.05, 3.63) is 69.3 Å². The molecule has 0 bridgehead atoms. The summed E-state index contributed by atoms with van der Waals surface area (Å²) in [7, 11) is 0. The second-order valence-corrected chi connectivity index (χ2v) is 7.00. The smallest absolute Gasteiger partial charge is 0.222 e. The third kappa shape index (κ3) is 4.10. The van der Waals surface area contributed by atoms with Gasteiger partial charge < -0.3 is 15.0 Å². The number of hydrogen-bond acceptors (Lipinski definition) is 4. The molecule has 0 saturated heterocycles. The van der Waals surface area contributed by atoms with Crippen LogP contribution in [0.25, 0.3) is 0 Å². The lowest BCUT2D eigenvalue weighted by molar-refractivity contribution is -0.122. The maximum absolute atomic E-state index is 12.3. The van der Waals surface area contributed by atoms with E-state index in [-0.39, 0.29) is 18.5 Å². The van der Waals surface area contributed by atoms with Crippen LogP contribution in [0.5, 0.6) is 0 Å². The van der Waals surface area contributed by atoms with E-state index in [4.69, 9.17) is 0 Å². The summed E-state index contributed by atoms with van der Waals surface area (Å²) in [6.45, 7) is 0.235. The Morgan fingerprint density at radius 1 is 1.22 bits per heavy atom. The molecule has 6 heteroatoms. The number of aliphatic hydroxyl groups is 1. The Hall–Kier alpha value is -1.89. The van der Waals surface area contributed by atoms with Crippen LogP contribution in [0.4, 0.5) is 0 Å². The minimum Gasteiger partial charge on any atom is -0.387 e. The fourth-order valence-electron chi connectivity index (χ4n) is 2.43. The molecule has 3 rings (SSSR count). The van der Waals surface area contributed by atoms with E-state index in [1.165, 1.54) is 11.3 Å². The summed E-state index contributed by atoms with van der Waals surface area (Å²) in [5.74, 6) is -0.0635. The summed E-state index contributed by atoms with van der Waals surface area (Å²) >= 11 is 3.18. The van der Waals surface area contributed by atoms with E-state index in [0.29, 0.717) is 6.42 Å². The van der Waals surface area contributed by atoms with Gasteiger partial charge in [0.25, 0.3) is 0 Å². The minimum atomic E-state index is -0.656. The van der Waals surface area contributed by atoms with Gasteiger partial charge in [0.15, 0.2) is 0 Å². The molecular formula is C17H18N2O2S2. The van der Waals surface area contributed by atoms with Crippen LogP contribution >= 0.6 is 22.7 Å². The van der Waals surface area contributed by atoms with Crippen LogP contribution in [0.2, 0.25) is 0 Å². The van der Waals surface area contributed by atoms with Crippen molar-refractivity contribution in [2.45, 2.75) is 18.6 Å². The number of carbonyl (C=O) groups is 1. The maximum atomic E-state index is 12.3. The van der Waals surface area contributed by atoms with Gasteiger partial charge in [-0.25, -0.2) is 0 Å². The zero-order valence-electron chi connectivity index (χ0n) is 12.5. The first-order valence-electron chi connectivity index (χ1n) is 7.37. The van der Waals surface area contributed by atoms with E-state index >= 15 is 0 Å². The molecule has 1 amide bonds. The fraction of sp³-hybridized carbons (Fsp3) is 0.235. The van der Waals surface area contributed by atoms with Gasteiger partial charge in [-0.05, 0) is 46.0 Å². The van der Waals surface area contributed by atoms with Crippen LogP contribution in [0.1, 0.15) is 29.0 Å². The molecule has 3 heterocycles. The molecular weight excluding hydrogens is 328 g/mol. The molecule has 0 unspecified atom stereocenters. The largest absolute Gasteiger partial charge is 0.387 e. The van der Waals surface area contributed by atoms with E-state index in [9.17, 15) is 9.90 Å². The average molecular weight is 346 g/mol. The lowest BCUT2D eigenvalue weighted by atomic mass is 10.1. The summed E-state index contributed by atoms with van der Waals surface area (Å²) in [4.78, 5) is 13.4. The third-order valence-corrected chi connectivity index (χ3v) is 5.33. The van der Waals surface area contributed by atoms with E-state index < -0.39 is 6.10 Å². The number of aliphatic hydroxyl groups excluding tert-OH is 1. The van der Waals surface area contributed by atoms with Crippen molar-refractivity contribution in [1.82, 2.24) is 9.88 Å². The monoisotopic (exact) mass is 346 g/mol. The number of aromatic nitrogens is 1. The number of carbonyl (C=O) groups excluding carboxylic acids is 1. The molecule has 0 fully saturated rings. The Morgan fingerprint density at radius 2 is 2.04 bits per heavy atom. The predicted molar refractivity (Wildman–Crippen MR) is 93.8 cm³/mol. The van der Waals surface area contributed by atoms with Crippen molar-refractivity contribution < 1.29 is 9.90 Å². The fourth-order valence-corrected chi connectivity index (χ4v) is 3.97. The summed E-state index contributed by atoms with van der Waals surface area (Å²) in [5, 5.41) is 18.7. The number of rotatable bonds is 7. The zero-order chi connectivity index (χ0) is 16.1. The number of thiophene rings is 2. The predicted octanol–water partition coefficient (Wildman–Crippen LogP) is 3.44. The van der Waals surface area contributed by atoms with Gasteiger partial charge in [0.2, 0.25) is 5.91 Å². The van der Waals surface area contributed by atoms with Crippen LogP contribution in [-0.4, -0.2) is 22.1 Å². The second kappa shape index (κ2) is 7.59. The Kier molecular flexibility index (Phi) is 5.27. The topological polar surface area (TPSA) is 54.3 Å². The molecule has 2 atom stereocenters. The van der Waals surface area contributed by atoms with Gasteiger partial charge in [-0.1, -0.05) is 6.07 Å². The highest BCUT2D eigenvalue weighted by Crippen LogP contribution is 2.26. The van der Waals surface area contributed by atoms with Gasteiger partial charge in [0.1, 0.15) is 0 Å². The van der Waals surface area contributed by atoms with Gasteiger partial charge in [-0.15, -0.1) is 11.3 Å². The molecule has 0 spiro atoms. The molecule has 4 nitrogen and oxygen atoms in total. The molecule has 120 valence electrons. The van der Waals surface area contributed by atoms with Gasteiger partial charge in [0, 0.05) is 23.8 Å². The molecule has 0 aliphatic heterocycles. The van der Waals surface area contributed by atoms with E-state index in [2.05, 4.69) is 5.32 Å². The van der Waals surface area contributed by atoms with Gasteiger partial charge in [0.05, 0.1) is 18.6 Å². The molecule has 0 aliphatic carbocycles. The molecule has 0 aromatic carbocycles. The van der Waals surface area contributed by atoms with Gasteiger partial charge in [-0.3, -0.25) is 4.79 Å². The molecule has 2 N–H and O–H groups in total. The summed E-state index contributed by atoms with van der Waals surface area (Å²) in [6.07, 6.45) is 3.64. The Bertz CT molecular complexity index is 672. The van der Waals surface area contributed by atoms with Crippen molar-refractivity contribution in [3.8, 4) is 0 Å². The average Bonchev–Trinajstić information content (AvgIpc) is 3.33. The van der Waals surface area contributed by atoms with Crippen LogP contribution in [0.3, 0.4) is 0 Å². The van der Waals surface area contributed by atoms with Crippen molar-refractivity contribution in [3.63, 3.8) is 0 Å². The van der Waals surface area contributed by atoms with Crippen LogP contribution in [0.15, 0.2) is 58.9 Å². The first kappa shape index (κ1) is 16.0. The summed E-state index contributed by atoms with van der Waals surface area (Å²) in [5.41, 5.74) is 0.843. The maximum Gasteiger partial charge on any atom is 0.222 e. The Labute approximate surface area is 143 Å². The van der Waals surface area contributed by atoms with Crippen molar-refractivity contribution >= 4 is 28.6 Å².